The van der Waals surface area contributed by atoms with Crippen molar-refractivity contribution < 1.29 is 9.53 Å². The van der Waals surface area contributed by atoms with Crippen LogP contribution in [0.15, 0.2) is 36.8 Å². The number of benzene rings is 1. The fraction of sp³-hybridized carbons (Fsp3) is 0.176. The van der Waals surface area contributed by atoms with Crippen molar-refractivity contribution >= 4 is 23.5 Å². The number of amides is 1. The van der Waals surface area contributed by atoms with Gasteiger partial charge in [-0.05, 0) is 49.2 Å². The molecule has 128 valence electrons. The largest absolute Gasteiger partial charge is 0.497 e. The molecule has 0 aliphatic rings. The molecule has 2 heterocycles. The second-order valence-electron chi connectivity index (χ2n) is 5.52. The van der Waals surface area contributed by atoms with E-state index < -0.39 is 0 Å². The van der Waals surface area contributed by atoms with Gasteiger partial charge in [0, 0.05) is 11.8 Å². The van der Waals surface area contributed by atoms with Crippen LogP contribution in [0, 0.1) is 13.8 Å². The topological polar surface area (TPSA) is 81.9 Å². The number of anilines is 1. The maximum Gasteiger partial charge on any atom is 0.258 e. The lowest BCUT2D eigenvalue weighted by atomic mass is 10.1. The molecule has 8 heteroatoms. The Kier molecular flexibility index (Phi) is 4.67. The van der Waals surface area contributed by atoms with Gasteiger partial charge in [-0.2, -0.15) is 9.67 Å². The highest BCUT2D eigenvalue weighted by Gasteiger charge is 2.13. The summed E-state index contributed by atoms with van der Waals surface area (Å²) in [6.45, 7) is 3.78. The zero-order valence-corrected chi connectivity index (χ0v) is 14.7. The molecule has 0 aliphatic carbocycles. The zero-order valence-electron chi connectivity index (χ0n) is 13.9. The number of hydrogen-bond acceptors (Lipinski definition) is 5. The maximum atomic E-state index is 12.4. The molecule has 0 atom stereocenters. The van der Waals surface area contributed by atoms with Crippen LogP contribution >= 0.6 is 11.6 Å². The van der Waals surface area contributed by atoms with Crippen LogP contribution in [0.2, 0.25) is 5.02 Å². The van der Waals surface area contributed by atoms with Gasteiger partial charge in [-0.1, -0.05) is 11.6 Å². The second kappa shape index (κ2) is 6.90. The van der Waals surface area contributed by atoms with Crippen LogP contribution in [0.25, 0.3) is 5.82 Å². The normalized spacial score (nSPS) is 10.6. The molecule has 3 rings (SSSR count). The summed E-state index contributed by atoms with van der Waals surface area (Å²) in [7, 11) is 1.55. The van der Waals surface area contributed by atoms with Crippen LogP contribution in [-0.2, 0) is 0 Å². The lowest BCUT2D eigenvalue weighted by molar-refractivity contribution is 0.102. The van der Waals surface area contributed by atoms with Gasteiger partial charge < -0.3 is 4.74 Å². The molecule has 0 bridgehead atoms. The van der Waals surface area contributed by atoms with E-state index in [1.165, 1.54) is 11.0 Å². The number of halogens is 1. The highest BCUT2D eigenvalue weighted by molar-refractivity contribution is 6.32. The van der Waals surface area contributed by atoms with E-state index in [0.29, 0.717) is 22.2 Å². The quantitative estimate of drug-likeness (QED) is 0.775. The number of pyridine rings is 1. The monoisotopic (exact) mass is 357 g/mol. The van der Waals surface area contributed by atoms with Crippen LogP contribution < -0.4 is 10.1 Å². The van der Waals surface area contributed by atoms with E-state index in [9.17, 15) is 4.79 Å². The predicted octanol–water partition coefficient (Wildman–Crippen LogP) is 3.19. The number of rotatable bonds is 4. The lowest BCUT2D eigenvalue weighted by Gasteiger charge is -2.06. The number of methoxy groups -OCH3 is 1. The SMILES string of the molecule is COc1cc(C)cc(C(=O)Nc2ncn(-c3ncc(C)cc3Cl)n2)c1. The van der Waals surface area contributed by atoms with Crippen LogP contribution in [0.1, 0.15) is 21.5 Å². The van der Waals surface area contributed by atoms with Crippen LogP contribution in [0.5, 0.6) is 5.75 Å². The predicted molar refractivity (Wildman–Crippen MR) is 94.6 cm³/mol. The second-order valence-corrected chi connectivity index (χ2v) is 5.93. The molecular weight excluding hydrogens is 342 g/mol. The number of hydrogen-bond donors (Lipinski definition) is 1. The average molecular weight is 358 g/mol. The van der Waals surface area contributed by atoms with Gasteiger partial charge in [-0.25, -0.2) is 4.98 Å². The van der Waals surface area contributed by atoms with Gasteiger partial charge >= 0.3 is 0 Å². The molecule has 0 aliphatic heterocycles. The molecule has 0 saturated carbocycles. The Morgan fingerprint density at radius 2 is 1.96 bits per heavy atom. The van der Waals surface area contributed by atoms with Crippen molar-refractivity contribution in [1.82, 2.24) is 19.7 Å². The molecule has 2 aromatic heterocycles. The molecule has 0 fully saturated rings. The van der Waals surface area contributed by atoms with Crippen molar-refractivity contribution in [3.63, 3.8) is 0 Å². The standard InChI is InChI=1S/C17H16ClN5O2/c1-10-4-12(7-13(5-10)25-3)16(24)21-17-20-9-23(22-17)15-14(18)6-11(2)8-19-15/h4-9H,1-3H3,(H,21,22,24). The number of carbonyl (C=O) groups excluding carboxylic acids is 1. The molecule has 0 spiro atoms. The van der Waals surface area contributed by atoms with Crippen LogP contribution in [0.3, 0.4) is 0 Å². The van der Waals surface area contributed by atoms with E-state index in [1.54, 1.807) is 31.5 Å². The Hall–Kier alpha value is -2.93. The van der Waals surface area contributed by atoms with E-state index in [0.717, 1.165) is 11.1 Å². The summed E-state index contributed by atoms with van der Waals surface area (Å²) in [6.07, 6.45) is 3.12. The lowest BCUT2D eigenvalue weighted by Crippen LogP contribution is -2.13. The number of nitrogens with one attached hydrogen (secondary N) is 1. The number of aromatic nitrogens is 4. The van der Waals surface area contributed by atoms with Crippen molar-refractivity contribution in [1.29, 1.82) is 0 Å². The van der Waals surface area contributed by atoms with Gasteiger partial charge in [0.15, 0.2) is 5.82 Å². The minimum atomic E-state index is -0.331. The zero-order chi connectivity index (χ0) is 18.0. The smallest absolute Gasteiger partial charge is 0.258 e. The first-order valence-corrected chi connectivity index (χ1v) is 7.85. The van der Waals surface area contributed by atoms with E-state index in [4.69, 9.17) is 16.3 Å². The molecule has 1 N–H and O–H groups in total. The van der Waals surface area contributed by atoms with Gasteiger partial charge in [0.1, 0.15) is 12.1 Å². The van der Waals surface area contributed by atoms with Gasteiger partial charge in [0.05, 0.1) is 12.1 Å². The maximum absolute atomic E-state index is 12.4. The van der Waals surface area contributed by atoms with E-state index in [-0.39, 0.29) is 11.9 Å². The van der Waals surface area contributed by atoms with Crippen LogP contribution in [0.4, 0.5) is 5.95 Å². The third kappa shape index (κ3) is 3.77. The number of nitrogens with zero attached hydrogens (tertiary/aromatic N) is 4. The van der Waals surface area contributed by atoms with Crippen LogP contribution in [-0.4, -0.2) is 32.8 Å². The van der Waals surface area contributed by atoms with Gasteiger partial charge in [0.2, 0.25) is 5.95 Å². The summed E-state index contributed by atoms with van der Waals surface area (Å²) in [5.41, 5.74) is 2.31. The van der Waals surface area contributed by atoms with E-state index >= 15 is 0 Å². The third-order valence-corrected chi connectivity index (χ3v) is 3.72. The average Bonchev–Trinajstić information content (AvgIpc) is 3.02. The van der Waals surface area contributed by atoms with Crippen molar-refractivity contribution in [2.75, 3.05) is 12.4 Å². The first kappa shape index (κ1) is 16.9. The molecule has 0 saturated heterocycles. The summed E-state index contributed by atoms with van der Waals surface area (Å²) in [6, 6.07) is 7.03. The summed E-state index contributed by atoms with van der Waals surface area (Å²) in [5.74, 6) is 0.878. The van der Waals surface area contributed by atoms with Gasteiger partial charge in [-0.3, -0.25) is 10.1 Å². The molecular formula is C17H16ClN5O2. The number of carbonyl (C=O) groups is 1. The Balaban J connectivity index is 1.81. The van der Waals surface area contributed by atoms with Crippen molar-refractivity contribution in [3.05, 3.63) is 58.5 Å². The Bertz CT molecular complexity index is 939. The summed E-state index contributed by atoms with van der Waals surface area (Å²) < 4.78 is 6.59. The molecule has 0 unspecified atom stereocenters. The fourth-order valence-corrected chi connectivity index (χ4v) is 2.60. The van der Waals surface area contributed by atoms with Gasteiger partial charge in [-0.15, -0.1) is 5.10 Å². The fourth-order valence-electron chi connectivity index (χ4n) is 2.29. The Morgan fingerprint density at radius 3 is 2.68 bits per heavy atom. The first-order valence-electron chi connectivity index (χ1n) is 7.47. The van der Waals surface area contributed by atoms with Crippen molar-refractivity contribution in [2.24, 2.45) is 0 Å². The van der Waals surface area contributed by atoms with E-state index in [1.807, 2.05) is 19.9 Å². The number of aryl methyl sites for hydroxylation is 2. The first-order chi connectivity index (χ1) is 12.0. The Labute approximate surface area is 149 Å². The molecule has 25 heavy (non-hydrogen) atoms. The summed E-state index contributed by atoms with van der Waals surface area (Å²) >= 11 is 6.17. The third-order valence-electron chi connectivity index (χ3n) is 3.44. The molecule has 0 radical (unpaired) electrons. The van der Waals surface area contributed by atoms with Gasteiger partial charge in [0.25, 0.3) is 5.91 Å². The molecule has 1 amide bonds. The highest BCUT2D eigenvalue weighted by atomic mass is 35.5. The summed E-state index contributed by atoms with van der Waals surface area (Å²) in [5, 5.41) is 7.30. The van der Waals surface area contributed by atoms with Crippen molar-refractivity contribution in [3.8, 4) is 11.6 Å². The minimum Gasteiger partial charge on any atom is -0.497 e. The highest BCUT2D eigenvalue weighted by Crippen LogP contribution is 2.19. The minimum absolute atomic E-state index is 0.156. The summed E-state index contributed by atoms with van der Waals surface area (Å²) in [4.78, 5) is 20.7. The molecule has 7 nitrogen and oxygen atoms in total. The van der Waals surface area contributed by atoms with E-state index in [2.05, 4.69) is 20.4 Å². The number of ether oxygens (including phenoxy) is 1. The Morgan fingerprint density at radius 1 is 1.16 bits per heavy atom. The van der Waals surface area contributed by atoms with Crippen molar-refractivity contribution in [2.45, 2.75) is 13.8 Å². The molecule has 3 aromatic rings. The molecule has 1 aromatic carbocycles.